The first-order valence-electron chi connectivity index (χ1n) is 8.09. The number of ether oxygens (including phenoxy) is 1. The summed E-state index contributed by atoms with van der Waals surface area (Å²) in [6.07, 6.45) is 4.49. The van der Waals surface area contributed by atoms with Crippen LogP contribution >= 0.6 is 22.7 Å². The zero-order valence-electron chi connectivity index (χ0n) is 13.5. The Morgan fingerprint density at radius 1 is 1.33 bits per heavy atom. The third kappa shape index (κ3) is 4.21. The summed E-state index contributed by atoms with van der Waals surface area (Å²) in [5.41, 5.74) is 0.252. The van der Waals surface area contributed by atoms with Gasteiger partial charge in [0.05, 0.1) is 4.88 Å². The number of esters is 1. The largest absolute Gasteiger partial charge is 0.451 e. The normalized spacial score (nSPS) is 20.5. The number of hydrogen-bond donors (Lipinski definition) is 1. The summed E-state index contributed by atoms with van der Waals surface area (Å²) in [4.78, 5) is 29.3. The molecule has 1 saturated carbocycles. The van der Waals surface area contributed by atoms with Crippen LogP contribution in [0.4, 0.5) is 0 Å². The van der Waals surface area contributed by atoms with E-state index in [0.29, 0.717) is 5.92 Å². The Morgan fingerprint density at radius 2 is 2.17 bits per heavy atom. The van der Waals surface area contributed by atoms with Crippen LogP contribution < -0.4 is 5.32 Å². The minimum absolute atomic E-state index is 0.189. The molecule has 0 spiro atoms. The molecule has 1 aliphatic carbocycles. The first-order valence-corrected chi connectivity index (χ1v) is 9.85. The molecule has 2 atom stereocenters. The van der Waals surface area contributed by atoms with Gasteiger partial charge in [0.15, 0.2) is 12.3 Å². The molecule has 5 nitrogen and oxygen atoms in total. The van der Waals surface area contributed by atoms with E-state index in [0.717, 1.165) is 29.1 Å². The summed E-state index contributed by atoms with van der Waals surface area (Å²) in [5.74, 6) is -0.318. The summed E-state index contributed by atoms with van der Waals surface area (Å²) in [6, 6.07) is 4.09. The van der Waals surface area contributed by atoms with Crippen molar-refractivity contribution in [1.29, 1.82) is 0 Å². The fraction of sp³-hybridized carbons (Fsp3) is 0.471. The van der Waals surface area contributed by atoms with Crippen molar-refractivity contribution in [3.05, 3.63) is 28.6 Å². The highest BCUT2D eigenvalue weighted by molar-refractivity contribution is 7.20. The second kappa shape index (κ2) is 7.90. The Bertz CT molecular complexity index is 697. The van der Waals surface area contributed by atoms with E-state index in [1.165, 1.54) is 17.8 Å². The predicted molar refractivity (Wildman–Crippen MR) is 95.3 cm³/mol. The fourth-order valence-corrected chi connectivity index (χ4v) is 4.47. The first-order chi connectivity index (χ1) is 11.6. The molecule has 24 heavy (non-hydrogen) atoms. The van der Waals surface area contributed by atoms with E-state index in [4.69, 9.17) is 4.74 Å². The van der Waals surface area contributed by atoms with Crippen LogP contribution in [0.5, 0.6) is 0 Å². The van der Waals surface area contributed by atoms with Gasteiger partial charge in [-0.25, -0.2) is 9.78 Å². The van der Waals surface area contributed by atoms with Gasteiger partial charge in [-0.3, -0.25) is 4.79 Å². The van der Waals surface area contributed by atoms with E-state index < -0.39 is 5.97 Å². The molecule has 0 bridgehead atoms. The van der Waals surface area contributed by atoms with Gasteiger partial charge in [-0.05, 0) is 30.2 Å². The average Bonchev–Trinajstić information content (AvgIpc) is 3.25. The number of amides is 1. The molecule has 2 heterocycles. The molecule has 1 amide bonds. The molecule has 3 rings (SSSR count). The van der Waals surface area contributed by atoms with Gasteiger partial charge < -0.3 is 10.1 Å². The molecular weight excluding hydrogens is 344 g/mol. The molecule has 0 unspecified atom stereocenters. The van der Waals surface area contributed by atoms with Crippen LogP contribution in [0.15, 0.2) is 22.9 Å². The van der Waals surface area contributed by atoms with Gasteiger partial charge in [0.25, 0.3) is 5.91 Å². The SMILES string of the molecule is C[C@@H]1CCCC[C@@H]1NC(=O)COC(=O)c1csc(-c2cccs2)n1. The smallest absolute Gasteiger partial charge is 0.358 e. The zero-order valence-corrected chi connectivity index (χ0v) is 15.1. The second-order valence-electron chi connectivity index (χ2n) is 6.03. The highest BCUT2D eigenvalue weighted by Gasteiger charge is 2.23. The quantitative estimate of drug-likeness (QED) is 0.821. The van der Waals surface area contributed by atoms with Crippen LogP contribution in [0.25, 0.3) is 9.88 Å². The van der Waals surface area contributed by atoms with Gasteiger partial charge in [0, 0.05) is 11.4 Å². The van der Waals surface area contributed by atoms with Gasteiger partial charge >= 0.3 is 5.97 Å². The molecule has 0 saturated heterocycles. The lowest BCUT2D eigenvalue weighted by molar-refractivity contribution is -0.125. The van der Waals surface area contributed by atoms with E-state index in [-0.39, 0.29) is 24.2 Å². The summed E-state index contributed by atoms with van der Waals surface area (Å²) in [6.45, 7) is 1.89. The Kier molecular flexibility index (Phi) is 5.63. The first kappa shape index (κ1) is 17.1. The Labute approximate surface area is 149 Å². The molecule has 7 heteroatoms. The van der Waals surface area contributed by atoms with Crippen LogP contribution in [-0.4, -0.2) is 29.5 Å². The minimum atomic E-state index is -0.555. The van der Waals surface area contributed by atoms with Crippen LogP contribution in [-0.2, 0) is 9.53 Å². The van der Waals surface area contributed by atoms with Crippen molar-refractivity contribution in [3.63, 3.8) is 0 Å². The molecule has 2 aromatic rings. The number of thiazole rings is 1. The zero-order chi connectivity index (χ0) is 16.9. The van der Waals surface area contributed by atoms with Crippen LogP contribution in [0.3, 0.4) is 0 Å². The summed E-state index contributed by atoms with van der Waals surface area (Å²) < 4.78 is 5.09. The van der Waals surface area contributed by atoms with Crippen molar-refractivity contribution >= 4 is 34.6 Å². The summed E-state index contributed by atoms with van der Waals surface area (Å²) in [7, 11) is 0. The standard InChI is InChI=1S/C17H20N2O3S2/c1-11-5-2-3-6-12(11)18-15(20)9-22-17(21)13-10-24-16(19-13)14-7-4-8-23-14/h4,7-8,10-12H,2-3,5-6,9H2,1H3,(H,18,20)/t11-,12+/m1/s1. The van der Waals surface area contributed by atoms with Crippen LogP contribution in [0.2, 0.25) is 0 Å². The predicted octanol–water partition coefficient (Wildman–Crippen LogP) is 3.72. The minimum Gasteiger partial charge on any atom is -0.451 e. The van der Waals surface area contributed by atoms with Gasteiger partial charge in [0.1, 0.15) is 5.01 Å². The topological polar surface area (TPSA) is 68.3 Å². The van der Waals surface area contributed by atoms with E-state index in [9.17, 15) is 9.59 Å². The number of hydrogen-bond acceptors (Lipinski definition) is 6. The Morgan fingerprint density at radius 3 is 2.92 bits per heavy atom. The number of carbonyl (C=O) groups excluding carboxylic acids is 2. The molecule has 0 radical (unpaired) electrons. The molecular formula is C17H20N2O3S2. The van der Waals surface area contributed by atoms with Gasteiger partial charge in [0.2, 0.25) is 0 Å². The lowest BCUT2D eigenvalue weighted by atomic mass is 9.86. The van der Waals surface area contributed by atoms with Crippen molar-refractivity contribution in [1.82, 2.24) is 10.3 Å². The van der Waals surface area contributed by atoms with Gasteiger partial charge in [-0.2, -0.15) is 0 Å². The molecule has 1 N–H and O–H groups in total. The van der Waals surface area contributed by atoms with E-state index in [1.54, 1.807) is 16.7 Å². The van der Waals surface area contributed by atoms with Crippen molar-refractivity contribution in [2.45, 2.75) is 38.6 Å². The number of nitrogens with one attached hydrogen (secondary N) is 1. The molecule has 0 aromatic carbocycles. The maximum absolute atomic E-state index is 12.0. The molecule has 1 fully saturated rings. The van der Waals surface area contributed by atoms with Gasteiger partial charge in [-0.15, -0.1) is 22.7 Å². The third-order valence-corrected chi connectivity index (χ3v) is 6.12. The fourth-order valence-electron chi connectivity index (χ4n) is 2.87. The van der Waals surface area contributed by atoms with Crippen molar-refractivity contribution in [3.8, 4) is 9.88 Å². The van der Waals surface area contributed by atoms with Crippen molar-refractivity contribution in [2.75, 3.05) is 6.61 Å². The summed E-state index contributed by atoms with van der Waals surface area (Å²) >= 11 is 2.97. The molecule has 0 aliphatic heterocycles. The Balaban J connectivity index is 1.49. The van der Waals surface area contributed by atoms with E-state index in [2.05, 4.69) is 17.2 Å². The van der Waals surface area contributed by atoms with Crippen molar-refractivity contribution in [2.24, 2.45) is 5.92 Å². The van der Waals surface area contributed by atoms with E-state index in [1.807, 2.05) is 17.5 Å². The van der Waals surface area contributed by atoms with Crippen LogP contribution in [0, 0.1) is 5.92 Å². The molecule has 1 aliphatic rings. The number of thiophene rings is 1. The van der Waals surface area contributed by atoms with E-state index >= 15 is 0 Å². The lowest BCUT2D eigenvalue weighted by Gasteiger charge is -2.29. The number of aromatic nitrogens is 1. The monoisotopic (exact) mass is 364 g/mol. The number of rotatable bonds is 5. The highest BCUT2D eigenvalue weighted by Crippen LogP contribution is 2.28. The third-order valence-electron chi connectivity index (χ3n) is 4.24. The number of carbonyl (C=O) groups is 2. The maximum Gasteiger partial charge on any atom is 0.358 e. The highest BCUT2D eigenvalue weighted by atomic mass is 32.1. The lowest BCUT2D eigenvalue weighted by Crippen LogP contribution is -2.42. The number of nitrogens with zero attached hydrogens (tertiary/aromatic N) is 1. The molecule has 128 valence electrons. The Hall–Kier alpha value is -1.73. The van der Waals surface area contributed by atoms with Crippen molar-refractivity contribution < 1.29 is 14.3 Å². The molecule has 2 aromatic heterocycles. The average molecular weight is 364 g/mol. The second-order valence-corrected chi connectivity index (χ2v) is 7.83. The van der Waals surface area contributed by atoms with Gasteiger partial charge in [-0.1, -0.05) is 25.8 Å². The maximum atomic E-state index is 12.0. The van der Waals surface area contributed by atoms with Crippen LogP contribution in [0.1, 0.15) is 43.1 Å². The summed E-state index contributed by atoms with van der Waals surface area (Å²) in [5, 5.41) is 7.39.